The van der Waals surface area contributed by atoms with Gasteiger partial charge in [-0.1, -0.05) is 6.42 Å². The zero-order chi connectivity index (χ0) is 59.3. The minimum Gasteiger partial charge on any atom is -0.490 e. The van der Waals surface area contributed by atoms with Gasteiger partial charge in [0.2, 0.25) is 0 Å². The Kier molecular flexibility index (Phi) is 21.9. The number of likely N-dealkylation sites (tertiary alicyclic amines) is 2. The van der Waals surface area contributed by atoms with Crippen LogP contribution in [-0.2, 0) is 11.3 Å². The average Bonchev–Trinajstić information content (AvgIpc) is 3.98. The molecule has 3 saturated heterocycles. The molecule has 18 nitrogen and oxygen atoms in total. The molecular weight excluding hydrogens is 1040 g/mol. The molecule has 83 heavy (non-hydrogen) atoms. The lowest BCUT2D eigenvalue weighted by Crippen LogP contribution is -2.38. The van der Waals surface area contributed by atoms with Crippen LogP contribution in [0.4, 0.5) is 22.7 Å². The van der Waals surface area contributed by atoms with E-state index in [9.17, 15) is 5.11 Å². The molecule has 0 aliphatic carbocycles. The van der Waals surface area contributed by atoms with E-state index in [1.54, 1.807) is 0 Å². The lowest BCUT2D eigenvalue weighted by atomic mass is 10.1. The van der Waals surface area contributed by atoms with Crippen LogP contribution < -0.4 is 41.9 Å². The lowest BCUT2D eigenvalue weighted by Gasteiger charge is -2.26. The second kappa shape index (κ2) is 29.1. The molecular formula is C65H96N12O6. The zero-order valence-electron chi connectivity index (χ0n) is 51.4. The van der Waals surface area contributed by atoms with Crippen LogP contribution in [0.3, 0.4) is 0 Å². The maximum atomic E-state index is 9.32. The summed E-state index contributed by atoms with van der Waals surface area (Å²) < 4.78 is 31.3. The minimum absolute atomic E-state index is 0.0933. The molecule has 452 valence electrons. The Bertz CT molecular complexity index is 3280. The van der Waals surface area contributed by atoms with Crippen molar-refractivity contribution in [3.63, 3.8) is 0 Å². The fourth-order valence-electron chi connectivity index (χ4n) is 11.7. The summed E-state index contributed by atoms with van der Waals surface area (Å²) in [5.74, 6) is 3.52. The molecule has 0 saturated carbocycles. The number of aromatic amines is 3. The predicted octanol–water partition coefficient (Wildman–Crippen LogP) is 9.92. The van der Waals surface area contributed by atoms with Gasteiger partial charge >= 0.3 is 0 Å². The molecule has 3 aliphatic rings. The molecule has 0 unspecified atom stereocenters. The van der Waals surface area contributed by atoms with Gasteiger partial charge in [0.1, 0.15) is 49.4 Å². The van der Waals surface area contributed by atoms with E-state index in [0.29, 0.717) is 19.8 Å². The quantitative estimate of drug-likeness (QED) is 0.0374. The van der Waals surface area contributed by atoms with Crippen molar-refractivity contribution in [2.24, 2.45) is 0 Å². The van der Waals surface area contributed by atoms with Gasteiger partial charge < -0.3 is 76.1 Å². The number of morpholine rings is 1. The van der Waals surface area contributed by atoms with Crippen molar-refractivity contribution < 1.29 is 28.8 Å². The predicted molar refractivity (Wildman–Crippen MR) is 343 cm³/mol. The molecule has 8 aromatic rings. The van der Waals surface area contributed by atoms with Crippen LogP contribution in [0.2, 0.25) is 0 Å². The van der Waals surface area contributed by atoms with E-state index in [4.69, 9.17) is 46.6 Å². The first-order chi connectivity index (χ1) is 40.0. The summed E-state index contributed by atoms with van der Waals surface area (Å²) in [5.41, 5.74) is 41.0. The average molecular weight is 1140 g/mol. The van der Waals surface area contributed by atoms with Gasteiger partial charge in [0.25, 0.3) is 0 Å². The van der Waals surface area contributed by atoms with Crippen molar-refractivity contribution in [2.75, 3.05) is 149 Å². The number of hydrogen-bond donors (Lipinski definition) is 8. The van der Waals surface area contributed by atoms with Gasteiger partial charge in [-0.3, -0.25) is 14.7 Å². The SMILES string of the molecule is Cc1[nH]c2c(OCCN3CCCC3)ccc(N)c2c1C.Cc1[nH]c2c(OCCN3CCCCC3)ccc(N)c2c1C.Cc1[nH]c2c(OCCN3CCOCC3)ccc(N)c2c1C.Cc1c(C)n(CCO)c2c(OCCN(C)C)ccc(N)c12. The normalized spacial score (nSPS) is 15.1. The minimum atomic E-state index is 0.0933. The molecule has 7 heterocycles. The summed E-state index contributed by atoms with van der Waals surface area (Å²) in [6.07, 6.45) is 6.65. The number of aliphatic hydroxyl groups is 1. The van der Waals surface area contributed by atoms with Crippen LogP contribution in [-0.4, -0.2) is 170 Å². The number of aryl methyl sites for hydroxylation is 7. The lowest BCUT2D eigenvalue weighted by molar-refractivity contribution is 0.0323. The second-order valence-corrected chi connectivity index (χ2v) is 22.9. The molecule has 4 aromatic carbocycles. The van der Waals surface area contributed by atoms with Crippen molar-refractivity contribution in [1.82, 2.24) is 39.1 Å². The molecule has 18 heteroatoms. The number of anilines is 4. The molecule has 11 rings (SSSR count). The second-order valence-electron chi connectivity index (χ2n) is 22.9. The first-order valence-electron chi connectivity index (χ1n) is 30.0. The van der Waals surface area contributed by atoms with E-state index in [1.807, 2.05) is 69.6 Å². The molecule has 0 atom stereocenters. The van der Waals surface area contributed by atoms with Crippen molar-refractivity contribution in [2.45, 2.75) is 94.0 Å². The monoisotopic (exact) mass is 1140 g/mol. The van der Waals surface area contributed by atoms with Gasteiger partial charge in [-0.2, -0.15) is 0 Å². The van der Waals surface area contributed by atoms with E-state index < -0.39 is 0 Å². The number of nitrogen functional groups attached to an aromatic ring is 4. The number of piperidine rings is 1. The maximum Gasteiger partial charge on any atom is 0.143 e. The van der Waals surface area contributed by atoms with Gasteiger partial charge in [-0.15, -0.1) is 0 Å². The Morgan fingerprint density at radius 1 is 0.458 bits per heavy atom. The number of nitrogens with one attached hydrogen (secondary N) is 3. The number of nitrogens with zero attached hydrogens (tertiary/aromatic N) is 5. The fraction of sp³-hybridized carbons (Fsp3) is 0.508. The molecule has 12 N–H and O–H groups in total. The standard InChI is InChI=1S/C17H25N3O.C16H23N3O2.C16H25N3O2.C16H23N3O/c1-12-13(2)19-17-15(7-6-14(18)16(12)17)21-11-10-20-8-4-3-5-9-20;1-11-12(2)18-16-14(4-3-13(17)15(11)16)21-10-7-19-5-8-20-9-6-19;1-11-12(2)19(7-9-20)16-14(21-10-8-18(3)4)6-5-13(17)15(11)16;1-11-12(2)18-16-14(6-5-13(17)15(11)16)20-10-9-19-7-3-4-8-19/h6-7,19H,3-5,8-11,18H2,1-2H3;3-4,18H,5-10,17H2,1-2H3;5-6,20H,7-10,17H2,1-4H3;5-6,18H,3-4,7-10,17H2,1-2H3. The number of benzene rings is 4. The highest BCUT2D eigenvalue weighted by molar-refractivity contribution is 6.01. The smallest absolute Gasteiger partial charge is 0.143 e. The summed E-state index contributed by atoms with van der Waals surface area (Å²) >= 11 is 0. The summed E-state index contributed by atoms with van der Waals surface area (Å²) in [6, 6.07) is 15.5. The number of aliphatic hydroxyl groups excluding tert-OH is 1. The van der Waals surface area contributed by atoms with E-state index in [-0.39, 0.29) is 6.61 Å². The van der Waals surface area contributed by atoms with Gasteiger partial charge in [0, 0.05) is 113 Å². The largest absolute Gasteiger partial charge is 0.490 e. The highest BCUT2D eigenvalue weighted by Crippen LogP contribution is 2.38. The number of H-pyrrole nitrogens is 3. The van der Waals surface area contributed by atoms with E-state index in [0.717, 1.165) is 183 Å². The summed E-state index contributed by atoms with van der Waals surface area (Å²) in [7, 11) is 4.04. The first-order valence-corrected chi connectivity index (χ1v) is 30.0. The number of fused-ring (bicyclic) bond motifs is 4. The number of hydrogen-bond acceptors (Lipinski definition) is 14. The van der Waals surface area contributed by atoms with Crippen LogP contribution in [0, 0.1) is 55.4 Å². The van der Waals surface area contributed by atoms with Crippen molar-refractivity contribution in [3.05, 3.63) is 93.6 Å². The Balaban J connectivity index is 0.000000145. The van der Waals surface area contributed by atoms with Crippen LogP contribution in [0.15, 0.2) is 48.5 Å². The third kappa shape index (κ3) is 15.1. The Hall–Kier alpha value is -6.80. The van der Waals surface area contributed by atoms with Crippen molar-refractivity contribution >= 4 is 66.4 Å². The third-order valence-corrected chi connectivity index (χ3v) is 17.0. The zero-order valence-corrected chi connectivity index (χ0v) is 51.4. The van der Waals surface area contributed by atoms with Gasteiger partial charge in [0.05, 0.1) is 41.9 Å². The first kappa shape index (κ1) is 62.3. The third-order valence-electron chi connectivity index (χ3n) is 17.0. The number of rotatable bonds is 18. The van der Waals surface area contributed by atoms with Crippen molar-refractivity contribution in [3.8, 4) is 23.0 Å². The molecule has 4 aromatic heterocycles. The van der Waals surface area contributed by atoms with E-state index >= 15 is 0 Å². The molecule has 3 aliphatic heterocycles. The van der Waals surface area contributed by atoms with Gasteiger partial charge in [0.15, 0.2) is 0 Å². The highest BCUT2D eigenvalue weighted by Gasteiger charge is 2.20. The Morgan fingerprint density at radius 3 is 1.22 bits per heavy atom. The summed E-state index contributed by atoms with van der Waals surface area (Å²) in [5, 5.41) is 13.6. The molecule has 0 spiro atoms. The molecule has 0 amide bonds. The molecule has 0 radical (unpaired) electrons. The fourth-order valence-corrected chi connectivity index (χ4v) is 11.7. The Labute approximate surface area is 491 Å². The van der Waals surface area contributed by atoms with Gasteiger partial charge in [-0.25, -0.2) is 0 Å². The summed E-state index contributed by atoms with van der Waals surface area (Å²) in [4.78, 5) is 19.6. The Morgan fingerprint density at radius 2 is 0.819 bits per heavy atom. The van der Waals surface area contributed by atoms with E-state index in [2.05, 4.69) is 87.6 Å². The number of aromatic nitrogens is 4. The van der Waals surface area contributed by atoms with Gasteiger partial charge in [-0.05, 0) is 192 Å². The number of ether oxygens (including phenoxy) is 5. The van der Waals surface area contributed by atoms with Crippen LogP contribution in [0.1, 0.15) is 77.1 Å². The van der Waals surface area contributed by atoms with Crippen LogP contribution >= 0.6 is 0 Å². The maximum absolute atomic E-state index is 9.32. The van der Waals surface area contributed by atoms with Crippen LogP contribution in [0.25, 0.3) is 43.6 Å². The van der Waals surface area contributed by atoms with E-state index in [1.165, 1.54) is 75.0 Å². The molecule has 3 fully saturated rings. The molecule has 0 bridgehead atoms. The number of nitrogens with two attached hydrogens (primary N) is 4. The highest BCUT2D eigenvalue weighted by atomic mass is 16.5. The topological polar surface area (TPSA) is 236 Å². The summed E-state index contributed by atoms with van der Waals surface area (Å²) in [6.45, 7) is 32.2. The van der Waals surface area contributed by atoms with Crippen molar-refractivity contribution in [1.29, 1.82) is 0 Å². The number of likely N-dealkylation sites (N-methyl/N-ethyl adjacent to an activating group) is 1. The van der Waals surface area contributed by atoms with Crippen LogP contribution in [0.5, 0.6) is 23.0 Å².